The molecular weight excluding hydrogens is 322 g/mol. The molecule has 0 amide bonds. The summed E-state index contributed by atoms with van der Waals surface area (Å²) in [6.45, 7) is 3.56. The molecule has 1 aliphatic carbocycles. The standard InChI is InChI=1S/C22H29N3O/c26-21(13-18-14-25-10-8-16(18)9-11-25)22-19-7-6-17(12-20(19)23-24-22)15-4-2-1-3-5-15/h6-7,12,15-16,18H,1-5,8-11,13-14H2,(H,23,24)/t18-/m0/s1. The molecule has 6 rings (SSSR count). The van der Waals surface area contributed by atoms with E-state index < -0.39 is 0 Å². The van der Waals surface area contributed by atoms with Gasteiger partial charge in [0, 0.05) is 18.4 Å². The van der Waals surface area contributed by atoms with Gasteiger partial charge in [-0.1, -0.05) is 31.4 Å². The lowest BCUT2D eigenvalue weighted by Crippen LogP contribution is -2.47. The summed E-state index contributed by atoms with van der Waals surface area (Å²) in [4.78, 5) is 15.5. The molecule has 4 nitrogen and oxygen atoms in total. The normalized spacial score (nSPS) is 29.3. The van der Waals surface area contributed by atoms with Crippen molar-refractivity contribution in [1.82, 2.24) is 15.1 Å². The minimum Gasteiger partial charge on any atom is -0.303 e. The van der Waals surface area contributed by atoms with Gasteiger partial charge in [0.15, 0.2) is 5.78 Å². The summed E-state index contributed by atoms with van der Waals surface area (Å²) in [6.07, 6.45) is 9.85. The minimum absolute atomic E-state index is 0.223. The maximum absolute atomic E-state index is 12.9. The number of carbonyl (C=O) groups excluding carboxylic acids is 1. The lowest BCUT2D eigenvalue weighted by atomic mass is 9.76. The fourth-order valence-electron chi connectivity index (χ4n) is 5.59. The van der Waals surface area contributed by atoms with E-state index >= 15 is 0 Å². The number of hydrogen-bond donors (Lipinski definition) is 1. The van der Waals surface area contributed by atoms with E-state index in [1.165, 1.54) is 63.6 Å². The third-order valence-electron chi connectivity index (χ3n) is 7.17. The van der Waals surface area contributed by atoms with E-state index in [4.69, 9.17) is 0 Å². The molecule has 138 valence electrons. The topological polar surface area (TPSA) is 49.0 Å². The molecule has 1 aromatic heterocycles. The summed E-state index contributed by atoms with van der Waals surface area (Å²) >= 11 is 0. The molecule has 1 N–H and O–H groups in total. The molecule has 1 saturated carbocycles. The SMILES string of the molecule is O=C(C[C@H]1CN2CCC1CC2)c1n[nH]c2cc(C3CCCCC3)ccc12. The van der Waals surface area contributed by atoms with Crippen molar-refractivity contribution in [2.45, 2.75) is 57.3 Å². The third kappa shape index (κ3) is 2.98. The molecule has 0 radical (unpaired) electrons. The van der Waals surface area contributed by atoms with E-state index in [9.17, 15) is 4.79 Å². The van der Waals surface area contributed by atoms with Gasteiger partial charge in [0.05, 0.1) is 5.52 Å². The Kier molecular flexibility index (Phi) is 4.32. The minimum atomic E-state index is 0.223. The van der Waals surface area contributed by atoms with Crippen LogP contribution in [0.5, 0.6) is 0 Å². The van der Waals surface area contributed by atoms with Crippen LogP contribution in [0.15, 0.2) is 18.2 Å². The van der Waals surface area contributed by atoms with Crippen LogP contribution >= 0.6 is 0 Å². The van der Waals surface area contributed by atoms with Crippen LogP contribution in [-0.4, -0.2) is 40.5 Å². The van der Waals surface area contributed by atoms with Crippen molar-refractivity contribution in [1.29, 1.82) is 0 Å². The molecular formula is C22H29N3O. The van der Waals surface area contributed by atoms with Crippen LogP contribution in [0.2, 0.25) is 0 Å². The fourth-order valence-corrected chi connectivity index (χ4v) is 5.59. The van der Waals surface area contributed by atoms with Crippen molar-refractivity contribution in [2.24, 2.45) is 11.8 Å². The lowest BCUT2D eigenvalue weighted by Gasteiger charge is -2.44. The Morgan fingerprint density at radius 3 is 2.65 bits per heavy atom. The Morgan fingerprint density at radius 1 is 1.12 bits per heavy atom. The second kappa shape index (κ2) is 6.80. The van der Waals surface area contributed by atoms with Gasteiger partial charge in [0.2, 0.25) is 0 Å². The smallest absolute Gasteiger partial charge is 0.184 e. The summed E-state index contributed by atoms with van der Waals surface area (Å²) < 4.78 is 0. The molecule has 0 spiro atoms. The Morgan fingerprint density at radius 2 is 1.92 bits per heavy atom. The Labute approximate surface area is 155 Å². The number of nitrogens with zero attached hydrogens (tertiary/aromatic N) is 2. The zero-order valence-electron chi connectivity index (χ0n) is 15.5. The Bertz CT molecular complexity index is 797. The van der Waals surface area contributed by atoms with Gasteiger partial charge in [0.1, 0.15) is 5.69 Å². The summed E-state index contributed by atoms with van der Waals surface area (Å²) in [5.74, 6) is 2.17. The second-order valence-electron chi connectivity index (χ2n) is 8.74. The van der Waals surface area contributed by atoms with Gasteiger partial charge in [-0.05, 0) is 68.2 Å². The lowest BCUT2D eigenvalue weighted by molar-refractivity contribution is 0.0440. The van der Waals surface area contributed by atoms with Crippen molar-refractivity contribution in [2.75, 3.05) is 19.6 Å². The van der Waals surface area contributed by atoms with Gasteiger partial charge in [-0.3, -0.25) is 9.89 Å². The predicted molar refractivity (Wildman–Crippen MR) is 104 cm³/mol. The molecule has 4 fully saturated rings. The van der Waals surface area contributed by atoms with Crippen LogP contribution in [-0.2, 0) is 0 Å². The van der Waals surface area contributed by atoms with Crippen LogP contribution in [0.4, 0.5) is 0 Å². The third-order valence-corrected chi connectivity index (χ3v) is 7.17. The van der Waals surface area contributed by atoms with E-state index in [1.54, 1.807) is 0 Å². The number of aromatic amines is 1. The molecule has 4 heterocycles. The highest BCUT2D eigenvalue weighted by molar-refractivity contribution is 6.06. The number of carbonyl (C=O) groups is 1. The summed E-state index contributed by atoms with van der Waals surface area (Å²) in [5, 5.41) is 8.57. The Balaban J connectivity index is 1.34. The second-order valence-corrected chi connectivity index (χ2v) is 8.74. The molecule has 3 aliphatic heterocycles. The first-order valence-corrected chi connectivity index (χ1v) is 10.5. The van der Waals surface area contributed by atoms with Crippen molar-refractivity contribution >= 4 is 16.7 Å². The van der Waals surface area contributed by atoms with Crippen LogP contribution < -0.4 is 0 Å². The number of aromatic nitrogens is 2. The first kappa shape index (κ1) is 16.5. The maximum atomic E-state index is 12.9. The van der Waals surface area contributed by atoms with Gasteiger partial charge in [-0.25, -0.2) is 0 Å². The monoisotopic (exact) mass is 351 g/mol. The number of ketones is 1. The zero-order valence-corrected chi connectivity index (χ0v) is 15.5. The number of piperidine rings is 3. The van der Waals surface area contributed by atoms with E-state index in [2.05, 4.69) is 33.3 Å². The zero-order chi connectivity index (χ0) is 17.5. The average molecular weight is 351 g/mol. The van der Waals surface area contributed by atoms with E-state index in [-0.39, 0.29) is 5.78 Å². The molecule has 2 aromatic rings. The maximum Gasteiger partial charge on any atom is 0.184 e. The molecule has 4 heteroatoms. The van der Waals surface area contributed by atoms with Crippen LogP contribution in [0, 0.1) is 11.8 Å². The van der Waals surface area contributed by atoms with E-state index in [0.717, 1.165) is 23.4 Å². The number of benzene rings is 1. The van der Waals surface area contributed by atoms with Crippen molar-refractivity contribution in [3.8, 4) is 0 Å². The molecule has 26 heavy (non-hydrogen) atoms. The van der Waals surface area contributed by atoms with Crippen molar-refractivity contribution in [3.05, 3.63) is 29.5 Å². The highest BCUT2D eigenvalue weighted by Crippen LogP contribution is 2.36. The Hall–Kier alpha value is -1.68. The molecule has 1 atom stereocenters. The van der Waals surface area contributed by atoms with Crippen LogP contribution in [0.25, 0.3) is 10.9 Å². The first-order chi connectivity index (χ1) is 12.8. The molecule has 0 unspecified atom stereocenters. The van der Waals surface area contributed by atoms with Crippen LogP contribution in [0.3, 0.4) is 0 Å². The number of fused-ring (bicyclic) bond motifs is 4. The number of nitrogens with one attached hydrogen (secondary N) is 1. The van der Waals surface area contributed by atoms with Gasteiger partial charge in [0.25, 0.3) is 0 Å². The highest BCUT2D eigenvalue weighted by Gasteiger charge is 2.35. The number of Topliss-reactive ketones (excluding diaryl/α,β-unsaturated/α-hetero) is 1. The first-order valence-electron chi connectivity index (χ1n) is 10.5. The summed E-state index contributed by atoms with van der Waals surface area (Å²) in [6, 6.07) is 6.61. The number of rotatable bonds is 4. The van der Waals surface area contributed by atoms with Crippen molar-refractivity contribution in [3.63, 3.8) is 0 Å². The average Bonchev–Trinajstić information content (AvgIpc) is 3.13. The van der Waals surface area contributed by atoms with Crippen molar-refractivity contribution < 1.29 is 4.79 Å². The molecule has 1 aromatic carbocycles. The van der Waals surface area contributed by atoms with Crippen LogP contribution in [0.1, 0.15) is 73.3 Å². The predicted octanol–water partition coefficient (Wildman–Crippen LogP) is 4.53. The summed E-state index contributed by atoms with van der Waals surface area (Å²) in [5.41, 5.74) is 3.11. The largest absolute Gasteiger partial charge is 0.303 e. The van der Waals surface area contributed by atoms with E-state index in [0.29, 0.717) is 24.0 Å². The molecule has 3 saturated heterocycles. The summed E-state index contributed by atoms with van der Waals surface area (Å²) in [7, 11) is 0. The molecule has 4 aliphatic rings. The van der Waals surface area contributed by atoms with Gasteiger partial charge in [-0.2, -0.15) is 5.10 Å². The number of H-pyrrole nitrogens is 1. The van der Waals surface area contributed by atoms with Gasteiger partial charge in [-0.15, -0.1) is 0 Å². The van der Waals surface area contributed by atoms with Gasteiger partial charge < -0.3 is 4.90 Å². The molecule has 2 bridgehead atoms. The van der Waals surface area contributed by atoms with Gasteiger partial charge >= 0.3 is 0 Å². The highest BCUT2D eigenvalue weighted by atomic mass is 16.1. The number of hydrogen-bond acceptors (Lipinski definition) is 3. The van der Waals surface area contributed by atoms with E-state index in [1.807, 2.05) is 0 Å². The fraction of sp³-hybridized carbons (Fsp3) is 0.636. The quantitative estimate of drug-likeness (QED) is 0.824.